The van der Waals surface area contributed by atoms with Gasteiger partial charge in [0.2, 0.25) is 0 Å². The summed E-state index contributed by atoms with van der Waals surface area (Å²) in [6, 6.07) is 5.04. The van der Waals surface area contributed by atoms with Gasteiger partial charge in [-0.05, 0) is 31.5 Å². The van der Waals surface area contributed by atoms with Gasteiger partial charge < -0.3 is 15.1 Å². The normalized spacial score (nSPS) is 11.4. The number of hydrogen-bond acceptors (Lipinski definition) is 3. The molecule has 1 atom stereocenters. The van der Waals surface area contributed by atoms with Gasteiger partial charge in [-0.2, -0.15) is 0 Å². The van der Waals surface area contributed by atoms with Crippen molar-refractivity contribution in [2.24, 2.45) is 0 Å². The first-order valence-corrected chi connectivity index (χ1v) is 6.09. The Labute approximate surface area is 113 Å². The van der Waals surface area contributed by atoms with Crippen LogP contribution in [0.25, 0.3) is 0 Å². The van der Waals surface area contributed by atoms with E-state index in [1.165, 1.54) is 4.90 Å². The van der Waals surface area contributed by atoms with Crippen LogP contribution in [0.2, 0.25) is 0 Å². The minimum Gasteiger partial charge on any atom is -0.394 e. The molecule has 2 N–H and O–H groups in total. The van der Waals surface area contributed by atoms with Crippen molar-refractivity contribution in [3.63, 3.8) is 0 Å². The van der Waals surface area contributed by atoms with E-state index in [1.807, 2.05) is 13.0 Å². The molecule has 0 spiro atoms. The molecule has 0 aromatic heterocycles. The molecule has 1 amide bonds. The average Bonchev–Trinajstić information content (AvgIpc) is 2.44. The predicted molar refractivity (Wildman–Crippen MR) is 73.8 cm³/mol. The van der Waals surface area contributed by atoms with Gasteiger partial charge in [0.15, 0.2) is 0 Å². The van der Waals surface area contributed by atoms with E-state index < -0.39 is 0 Å². The van der Waals surface area contributed by atoms with Crippen LogP contribution in [-0.2, 0) is 0 Å². The maximum Gasteiger partial charge on any atom is 0.253 e. The highest BCUT2D eigenvalue weighted by Gasteiger charge is 2.17. The zero-order valence-electron chi connectivity index (χ0n) is 11.5. The van der Waals surface area contributed by atoms with Gasteiger partial charge >= 0.3 is 0 Å². The van der Waals surface area contributed by atoms with Crippen molar-refractivity contribution in [1.29, 1.82) is 0 Å². The molecule has 0 fully saturated rings. The van der Waals surface area contributed by atoms with E-state index in [-0.39, 0.29) is 25.2 Å². The minimum absolute atomic E-state index is 0.0781. The molecule has 0 aliphatic carbocycles. The number of nitrogens with zero attached hydrogens (tertiary/aromatic N) is 1. The Morgan fingerprint density at radius 2 is 2.11 bits per heavy atom. The lowest BCUT2D eigenvalue weighted by Crippen LogP contribution is -2.37. The summed E-state index contributed by atoms with van der Waals surface area (Å²) in [5.74, 6) is 5.24. The smallest absolute Gasteiger partial charge is 0.253 e. The number of carbonyl (C=O) groups excluding carboxylic acids is 1. The molecule has 1 unspecified atom stereocenters. The second-order valence-corrected chi connectivity index (χ2v) is 4.44. The molecule has 0 bridgehead atoms. The standard InChI is InChI=1S/C15H19NO3/c1-11-6-7-14(9-13(11)5-4-8-17)15(19)16(3)12(2)10-18/h6-7,9,12,17-18H,8,10H2,1-3H3. The molecule has 1 aromatic carbocycles. The van der Waals surface area contributed by atoms with Crippen molar-refractivity contribution in [3.05, 3.63) is 34.9 Å². The van der Waals surface area contributed by atoms with Crippen LogP contribution < -0.4 is 0 Å². The van der Waals surface area contributed by atoms with Gasteiger partial charge in [0.05, 0.1) is 12.6 Å². The third-order valence-corrected chi connectivity index (χ3v) is 3.03. The van der Waals surface area contributed by atoms with Crippen LogP contribution in [0, 0.1) is 18.8 Å². The van der Waals surface area contributed by atoms with Crippen molar-refractivity contribution < 1.29 is 15.0 Å². The van der Waals surface area contributed by atoms with E-state index in [0.29, 0.717) is 5.56 Å². The molecule has 0 heterocycles. The number of aliphatic hydroxyl groups excluding tert-OH is 2. The molecule has 0 saturated carbocycles. The van der Waals surface area contributed by atoms with Gasteiger partial charge in [0.1, 0.15) is 6.61 Å². The van der Waals surface area contributed by atoms with Crippen LogP contribution in [0.1, 0.15) is 28.4 Å². The number of aryl methyl sites for hydroxylation is 1. The third kappa shape index (κ3) is 3.82. The van der Waals surface area contributed by atoms with E-state index in [9.17, 15) is 4.79 Å². The van der Waals surface area contributed by atoms with Gasteiger partial charge in [0.25, 0.3) is 5.91 Å². The summed E-state index contributed by atoms with van der Waals surface area (Å²) in [5, 5.41) is 17.8. The summed E-state index contributed by atoms with van der Waals surface area (Å²) in [6.45, 7) is 3.39. The Hall–Kier alpha value is -1.83. The highest BCUT2D eigenvalue weighted by molar-refractivity contribution is 5.94. The molecule has 0 aliphatic heterocycles. The van der Waals surface area contributed by atoms with E-state index in [1.54, 1.807) is 26.1 Å². The molecule has 102 valence electrons. The van der Waals surface area contributed by atoms with Crippen molar-refractivity contribution in [2.45, 2.75) is 19.9 Å². The number of likely N-dealkylation sites (N-methyl/N-ethyl adjacent to an activating group) is 1. The van der Waals surface area contributed by atoms with E-state index in [4.69, 9.17) is 10.2 Å². The van der Waals surface area contributed by atoms with Gasteiger partial charge in [-0.1, -0.05) is 17.9 Å². The number of carbonyl (C=O) groups is 1. The van der Waals surface area contributed by atoms with Crippen molar-refractivity contribution in [1.82, 2.24) is 4.90 Å². The summed E-state index contributed by atoms with van der Waals surface area (Å²) < 4.78 is 0. The summed E-state index contributed by atoms with van der Waals surface area (Å²) in [4.78, 5) is 13.7. The topological polar surface area (TPSA) is 60.8 Å². The molecular weight excluding hydrogens is 242 g/mol. The van der Waals surface area contributed by atoms with Gasteiger partial charge in [-0.15, -0.1) is 0 Å². The SMILES string of the molecule is Cc1ccc(C(=O)N(C)C(C)CO)cc1C#CCO. The summed E-state index contributed by atoms with van der Waals surface area (Å²) in [5.41, 5.74) is 2.20. The highest BCUT2D eigenvalue weighted by atomic mass is 16.3. The van der Waals surface area contributed by atoms with E-state index in [2.05, 4.69) is 11.8 Å². The summed E-state index contributed by atoms with van der Waals surface area (Å²) in [7, 11) is 1.65. The minimum atomic E-state index is -0.235. The van der Waals surface area contributed by atoms with E-state index in [0.717, 1.165) is 11.1 Å². The van der Waals surface area contributed by atoms with Crippen LogP contribution in [-0.4, -0.2) is 47.3 Å². The molecule has 4 nitrogen and oxygen atoms in total. The van der Waals surface area contributed by atoms with Crippen LogP contribution in [0.15, 0.2) is 18.2 Å². The summed E-state index contributed by atoms with van der Waals surface area (Å²) >= 11 is 0. The van der Waals surface area contributed by atoms with Crippen LogP contribution in [0.5, 0.6) is 0 Å². The number of rotatable bonds is 3. The van der Waals surface area contributed by atoms with E-state index >= 15 is 0 Å². The fraction of sp³-hybridized carbons (Fsp3) is 0.400. The second-order valence-electron chi connectivity index (χ2n) is 4.44. The predicted octanol–water partition coefficient (Wildman–Crippen LogP) is 0.792. The maximum absolute atomic E-state index is 12.2. The zero-order chi connectivity index (χ0) is 14.4. The Bertz CT molecular complexity index is 514. The lowest BCUT2D eigenvalue weighted by molar-refractivity contribution is 0.0682. The molecular formula is C15H19NO3. The third-order valence-electron chi connectivity index (χ3n) is 3.03. The molecule has 4 heteroatoms. The molecule has 0 radical (unpaired) electrons. The van der Waals surface area contributed by atoms with Crippen LogP contribution in [0.3, 0.4) is 0 Å². The van der Waals surface area contributed by atoms with Crippen molar-refractivity contribution in [3.8, 4) is 11.8 Å². The Morgan fingerprint density at radius 1 is 1.42 bits per heavy atom. The molecule has 1 rings (SSSR count). The molecule has 19 heavy (non-hydrogen) atoms. The average molecular weight is 261 g/mol. The number of benzene rings is 1. The fourth-order valence-electron chi connectivity index (χ4n) is 1.55. The lowest BCUT2D eigenvalue weighted by atomic mass is 10.0. The second kappa shape index (κ2) is 6.93. The number of aliphatic hydroxyl groups is 2. The Kier molecular flexibility index (Phi) is 5.56. The maximum atomic E-state index is 12.2. The summed E-state index contributed by atoms with van der Waals surface area (Å²) in [6.07, 6.45) is 0. The Morgan fingerprint density at radius 3 is 2.68 bits per heavy atom. The molecule has 1 aromatic rings. The van der Waals surface area contributed by atoms with Gasteiger partial charge in [0, 0.05) is 18.2 Å². The van der Waals surface area contributed by atoms with Gasteiger partial charge in [-0.3, -0.25) is 4.79 Å². The quantitative estimate of drug-likeness (QED) is 0.791. The Balaban J connectivity index is 3.05. The highest BCUT2D eigenvalue weighted by Crippen LogP contribution is 2.13. The lowest BCUT2D eigenvalue weighted by Gasteiger charge is -2.23. The first-order chi connectivity index (χ1) is 9.01. The number of hydrogen-bond donors (Lipinski definition) is 2. The molecule has 0 aliphatic rings. The molecule has 0 saturated heterocycles. The van der Waals surface area contributed by atoms with Crippen molar-refractivity contribution in [2.75, 3.05) is 20.3 Å². The van der Waals surface area contributed by atoms with Crippen molar-refractivity contribution >= 4 is 5.91 Å². The first-order valence-electron chi connectivity index (χ1n) is 6.09. The fourth-order valence-corrected chi connectivity index (χ4v) is 1.55. The van der Waals surface area contributed by atoms with Gasteiger partial charge in [-0.25, -0.2) is 0 Å². The largest absolute Gasteiger partial charge is 0.394 e. The van der Waals surface area contributed by atoms with Crippen LogP contribution >= 0.6 is 0 Å². The first kappa shape index (κ1) is 15.2. The number of amides is 1. The monoisotopic (exact) mass is 261 g/mol. The zero-order valence-corrected chi connectivity index (χ0v) is 11.5. The van der Waals surface area contributed by atoms with Crippen LogP contribution in [0.4, 0.5) is 0 Å².